The Kier molecular flexibility index (Phi) is 41.2. The summed E-state index contributed by atoms with van der Waals surface area (Å²) in [5, 5.41) is 41.4. The second kappa shape index (κ2) is 42.1. The van der Waals surface area contributed by atoms with Crippen LogP contribution in [0.15, 0.2) is 60.7 Å². The molecule has 0 aliphatic heterocycles. The first-order valence-corrected chi connectivity index (χ1v) is 23.3. The van der Waals surface area contributed by atoms with Crippen LogP contribution in [-0.4, -0.2) is 95.4 Å². The fraction of sp³-hybridized carbons (Fsp3) is 0.720. The van der Waals surface area contributed by atoms with Crippen LogP contribution in [0.1, 0.15) is 205 Å². The van der Waals surface area contributed by atoms with Gasteiger partial charge in [0.05, 0.1) is 37.6 Å². The first-order valence-electron chi connectivity index (χ1n) is 23.3. The molecule has 0 spiro atoms. The number of unbranched alkanes of at least 4 members (excludes halogenated alkanes) is 12. The van der Waals surface area contributed by atoms with Crippen molar-refractivity contribution in [3.8, 4) is 0 Å². The van der Waals surface area contributed by atoms with E-state index in [-0.39, 0.29) is 86.1 Å². The second-order valence-electron chi connectivity index (χ2n) is 16.4. The van der Waals surface area contributed by atoms with E-state index in [4.69, 9.17) is 9.47 Å². The molecule has 0 fully saturated rings. The van der Waals surface area contributed by atoms with Crippen LogP contribution in [0.4, 0.5) is 0 Å². The largest absolute Gasteiger partial charge is 2.00 e. The Morgan fingerprint density at radius 2 is 0.746 bits per heavy atom. The predicted molar refractivity (Wildman–Crippen MR) is 238 cm³/mol. The first-order chi connectivity index (χ1) is 28.2. The molecule has 0 aromatic heterocycles. The summed E-state index contributed by atoms with van der Waals surface area (Å²) in [6.07, 6.45) is 27.1. The molecule has 332 valence electrons. The summed E-state index contributed by atoms with van der Waals surface area (Å²) < 4.78 is 12.1. The molecule has 0 aliphatic carbocycles. The summed E-state index contributed by atoms with van der Waals surface area (Å²) >= 11 is 0. The van der Waals surface area contributed by atoms with Gasteiger partial charge in [-0.25, -0.2) is 0 Å². The van der Waals surface area contributed by atoms with E-state index in [1.54, 1.807) is 0 Å². The molecule has 0 amide bonds. The van der Waals surface area contributed by atoms with Crippen LogP contribution in [0.5, 0.6) is 0 Å². The zero-order valence-electron chi connectivity index (χ0n) is 37.3. The third kappa shape index (κ3) is 38.2. The maximum Gasteiger partial charge on any atom is 2.00 e. The number of carbonyl (C=O) groups excluding carboxylic acids is 2. The van der Waals surface area contributed by atoms with Crippen LogP contribution in [0, 0.1) is 0 Å². The summed E-state index contributed by atoms with van der Waals surface area (Å²) in [6, 6.07) is 20.2. The molecule has 2 aromatic rings. The second-order valence-corrected chi connectivity index (χ2v) is 16.4. The van der Waals surface area contributed by atoms with Gasteiger partial charge >= 0.3 is 48.9 Å². The van der Waals surface area contributed by atoms with E-state index < -0.39 is 11.9 Å². The Labute approximate surface area is 400 Å². The number of hydrogen-bond acceptors (Lipinski definition) is 8. The van der Waals surface area contributed by atoms with Gasteiger partial charge in [-0.15, -0.1) is 0 Å². The van der Waals surface area contributed by atoms with Gasteiger partial charge in [-0.3, -0.25) is 0 Å². The van der Waals surface area contributed by atoms with Crippen molar-refractivity contribution in [3.05, 3.63) is 71.8 Å². The van der Waals surface area contributed by atoms with Crippen LogP contribution in [0.2, 0.25) is 0 Å². The van der Waals surface area contributed by atoms with Crippen molar-refractivity contribution >= 4 is 60.8 Å². The van der Waals surface area contributed by atoms with Gasteiger partial charge in [0, 0.05) is 11.9 Å². The van der Waals surface area contributed by atoms with Gasteiger partial charge in [0.25, 0.3) is 0 Å². The van der Waals surface area contributed by atoms with E-state index in [1.807, 2.05) is 60.7 Å². The summed E-state index contributed by atoms with van der Waals surface area (Å²) in [5.41, 5.74) is 2.29. The SMILES string of the molecule is CCCCCCC(O)CCCCCCC(CCCC(=O)[O-])OCc1ccccc1.CCCCCCC(O)CCCCCCC(CCCC(=O)[O-])OCc1ccccc1.[Ba+2]. The van der Waals surface area contributed by atoms with E-state index in [2.05, 4.69) is 13.8 Å². The Balaban J connectivity index is 0.00000112. The summed E-state index contributed by atoms with van der Waals surface area (Å²) in [4.78, 5) is 21.3. The molecule has 2 N–H and O–H groups in total. The number of hydrogen-bond donors (Lipinski definition) is 2. The smallest absolute Gasteiger partial charge is 0.550 e. The predicted octanol–water partition coefficient (Wildman–Crippen LogP) is 9.95. The Morgan fingerprint density at radius 3 is 1.05 bits per heavy atom. The van der Waals surface area contributed by atoms with E-state index in [0.29, 0.717) is 26.1 Å². The van der Waals surface area contributed by atoms with Gasteiger partial charge in [-0.1, -0.05) is 177 Å². The van der Waals surface area contributed by atoms with Gasteiger partial charge < -0.3 is 39.5 Å². The number of carbonyl (C=O) groups is 2. The van der Waals surface area contributed by atoms with Crippen LogP contribution < -0.4 is 10.2 Å². The number of benzene rings is 2. The van der Waals surface area contributed by atoms with E-state index in [0.717, 1.165) is 127 Å². The minimum absolute atomic E-state index is 0. The number of rotatable bonds is 38. The van der Waals surface area contributed by atoms with Gasteiger partial charge in [0.2, 0.25) is 0 Å². The number of aliphatic carboxylic acids is 2. The van der Waals surface area contributed by atoms with E-state index in [1.165, 1.54) is 38.5 Å². The maximum absolute atomic E-state index is 10.7. The van der Waals surface area contributed by atoms with Crippen molar-refractivity contribution in [2.75, 3.05) is 0 Å². The Morgan fingerprint density at radius 1 is 0.458 bits per heavy atom. The van der Waals surface area contributed by atoms with Crippen molar-refractivity contribution in [3.63, 3.8) is 0 Å². The van der Waals surface area contributed by atoms with Crippen LogP contribution in [-0.2, 0) is 32.3 Å². The van der Waals surface area contributed by atoms with Crippen LogP contribution in [0.3, 0.4) is 0 Å². The zero-order chi connectivity index (χ0) is 42.3. The van der Waals surface area contributed by atoms with Gasteiger partial charge in [0.15, 0.2) is 0 Å². The molecule has 2 aromatic carbocycles. The Bertz CT molecular complexity index is 1110. The topological polar surface area (TPSA) is 139 Å². The quantitative estimate of drug-likeness (QED) is 0.0501. The molecule has 59 heavy (non-hydrogen) atoms. The van der Waals surface area contributed by atoms with Crippen LogP contribution >= 0.6 is 0 Å². The molecule has 4 atom stereocenters. The monoisotopic (exact) mass is 949 g/mol. The fourth-order valence-electron chi connectivity index (χ4n) is 7.26. The average molecular weight is 949 g/mol. The van der Waals surface area contributed by atoms with Crippen LogP contribution in [0.25, 0.3) is 0 Å². The van der Waals surface area contributed by atoms with Gasteiger partial charge in [-0.05, 0) is 88.2 Å². The normalized spacial score (nSPS) is 13.1. The summed E-state index contributed by atoms with van der Waals surface area (Å²) in [7, 11) is 0. The third-order valence-corrected chi connectivity index (χ3v) is 10.9. The average Bonchev–Trinajstić information content (AvgIpc) is 3.22. The van der Waals surface area contributed by atoms with Crippen molar-refractivity contribution in [1.29, 1.82) is 0 Å². The molecule has 0 aliphatic rings. The Hall–Kier alpha value is -1.21. The number of carboxylic acids is 2. The molecule has 0 radical (unpaired) electrons. The molecular formula is C50H82BaO8. The number of aliphatic hydroxyl groups excluding tert-OH is 2. The summed E-state index contributed by atoms with van der Waals surface area (Å²) in [5.74, 6) is -1.97. The molecule has 9 heteroatoms. The fourth-order valence-corrected chi connectivity index (χ4v) is 7.26. The van der Waals surface area contributed by atoms with E-state index in [9.17, 15) is 30.0 Å². The van der Waals surface area contributed by atoms with Crippen molar-refractivity contribution in [2.24, 2.45) is 0 Å². The zero-order valence-corrected chi connectivity index (χ0v) is 41.8. The molecule has 4 unspecified atom stereocenters. The number of ether oxygens (including phenoxy) is 2. The van der Waals surface area contributed by atoms with Crippen molar-refractivity contribution in [2.45, 2.75) is 231 Å². The number of carboxylic acid groups (broad SMARTS) is 2. The van der Waals surface area contributed by atoms with Crippen molar-refractivity contribution in [1.82, 2.24) is 0 Å². The minimum atomic E-state index is -0.986. The minimum Gasteiger partial charge on any atom is -0.550 e. The molecule has 2 rings (SSSR count). The maximum atomic E-state index is 10.7. The van der Waals surface area contributed by atoms with Crippen molar-refractivity contribution < 1.29 is 39.5 Å². The van der Waals surface area contributed by atoms with Gasteiger partial charge in [0.1, 0.15) is 0 Å². The standard InChI is InChI=1S/2C25H42O4.Ba/c2*1-2-3-4-10-16-23(26)17-11-5-6-12-18-24(19-13-20-25(27)28)29-21-22-14-8-7-9-15-22;/h2*7-9,14-15,23-24,26H,2-6,10-13,16-21H2,1H3,(H,27,28);/q;;+2/p-2. The molecule has 0 saturated heterocycles. The molecule has 8 nitrogen and oxygen atoms in total. The molecular weight excluding hydrogens is 866 g/mol. The molecule has 0 bridgehead atoms. The molecule has 0 saturated carbocycles. The first kappa shape index (κ1) is 57.8. The van der Waals surface area contributed by atoms with E-state index >= 15 is 0 Å². The number of aliphatic hydroxyl groups is 2. The van der Waals surface area contributed by atoms with Gasteiger partial charge in [-0.2, -0.15) is 0 Å². The summed E-state index contributed by atoms with van der Waals surface area (Å²) in [6.45, 7) is 5.55. The third-order valence-electron chi connectivity index (χ3n) is 10.9. The molecule has 0 heterocycles.